The minimum Gasteiger partial charge on any atom is -0.238 e. The van der Waals surface area contributed by atoms with E-state index in [1.807, 2.05) is 33.8 Å². The average molecular weight is 371 g/mol. The molecule has 0 N–H and O–H groups in total. The SMILES string of the molecule is CCc1nc(C)cn1S(=O)(=O)c1c(C)cc(C)c(Br)c1C. The monoisotopic (exact) mass is 370 g/mol. The van der Waals surface area contributed by atoms with Gasteiger partial charge in [0.2, 0.25) is 0 Å². The Balaban J connectivity index is 2.79. The Morgan fingerprint density at radius 3 is 2.38 bits per heavy atom. The van der Waals surface area contributed by atoms with Crippen molar-refractivity contribution < 1.29 is 8.42 Å². The maximum Gasteiger partial charge on any atom is 0.269 e. The van der Waals surface area contributed by atoms with Gasteiger partial charge >= 0.3 is 0 Å². The van der Waals surface area contributed by atoms with Gasteiger partial charge in [-0.2, -0.15) is 0 Å². The van der Waals surface area contributed by atoms with Crippen LogP contribution in [-0.2, 0) is 16.4 Å². The summed E-state index contributed by atoms with van der Waals surface area (Å²) in [6, 6.07) is 1.89. The van der Waals surface area contributed by atoms with E-state index < -0.39 is 10.0 Å². The van der Waals surface area contributed by atoms with Crippen LogP contribution in [0.5, 0.6) is 0 Å². The first-order valence-electron chi connectivity index (χ1n) is 6.76. The average Bonchev–Trinajstić information content (AvgIpc) is 2.78. The fraction of sp³-hybridized carbons (Fsp3) is 0.400. The molecule has 1 aromatic heterocycles. The van der Waals surface area contributed by atoms with E-state index in [0.717, 1.165) is 21.2 Å². The molecule has 2 rings (SSSR count). The van der Waals surface area contributed by atoms with Crippen LogP contribution < -0.4 is 0 Å². The number of hydrogen-bond acceptors (Lipinski definition) is 3. The van der Waals surface area contributed by atoms with E-state index in [4.69, 9.17) is 0 Å². The van der Waals surface area contributed by atoms with Crippen LogP contribution in [0.3, 0.4) is 0 Å². The molecular weight excluding hydrogens is 352 g/mol. The molecule has 0 aliphatic carbocycles. The summed E-state index contributed by atoms with van der Waals surface area (Å²) in [6.45, 7) is 9.31. The molecule has 0 atom stereocenters. The maximum absolute atomic E-state index is 13.0. The van der Waals surface area contributed by atoms with E-state index in [0.29, 0.717) is 22.8 Å². The van der Waals surface area contributed by atoms with Crippen LogP contribution in [0.15, 0.2) is 21.6 Å². The molecule has 4 nitrogen and oxygen atoms in total. The summed E-state index contributed by atoms with van der Waals surface area (Å²) in [7, 11) is -3.64. The van der Waals surface area contributed by atoms with Gasteiger partial charge in [0.05, 0.1) is 10.6 Å². The van der Waals surface area contributed by atoms with Gasteiger partial charge in [-0.05, 0) is 44.4 Å². The molecule has 0 bridgehead atoms. The normalized spacial score (nSPS) is 11.9. The van der Waals surface area contributed by atoms with Crippen LogP contribution in [-0.4, -0.2) is 17.4 Å². The molecule has 0 saturated heterocycles. The molecular formula is C15H19BrN2O2S. The first-order valence-corrected chi connectivity index (χ1v) is 9.00. The van der Waals surface area contributed by atoms with Crippen LogP contribution >= 0.6 is 15.9 Å². The minimum atomic E-state index is -3.64. The largest absolute Gasteiger partial charge is 0.269 e. The Morgan fingerprint density at radius 2 is 1.81 bits per heavy atom. The lowest BCUT2D eigenvalue weighted by Gasteiger charge is -2.16. The van der Waals surface area contributed by atoms with Gasteiger partial charge in [0.1, 0.15) is 5.82 Å². The third kappa shape index (κ3) is 2.66. The van der Waals surface area contributed by atoms with Crippen LogP contribution in [0.4, 0.5) is 0 Å². The van der Waals surface area contributed by atoms with Crippen molar-refractivity contribution in [3.05, 3.63) is 44.9 Å². The van der Waals surface area contributed by atoms with E-state index in [2.05, 4.69) is 20.9 Å². The number of halogens is 1. The second kappa shape index (κ2) is 5.57. The maximum atomic E-state index is 13.0. The number of nitrogens with zero attached hydrogens (tertiary/aromatic N) is 2. The van der Waals surface area contributed by atoms with Gasteiger partial charge in [-0.25, -0.2) is 17.4 Å². The van der Waals surface area contributed by atoms with E-state index in [1.54, 1.807) is 13.1 Å². The predicted octanol–water partition coefficient (Wildman–Crippen LogP) is 3.68. The Hall–Kier alpha value is -1.14. The molecule has 0 aliphatic heterocycles. The Kier molecular flexibility index (Phi) is 4.31. The van der Waals surface area contributed by atoms with E-state index in [-0.39, 0.29) is 0 Å². The summed E-state index contributed by atoms with van der Waals surface area (Å²) < 4.78 is 28.2. The Labute approximate surface area is 134 Å². The zero-order valence-corrected chi connectivity index (χ0v) is 15.3. The second-order valence-corrected chi connectivity index (χ2v) is 7.78. The van der Waals surface area contributed by atoms with Crippen molar-refractivity contribution >= 4 is 26.0 Å². The zero-order valence-electron chi connectivity index (χ0n) is 12.9. The van der Waals surface area contributed by atoms with Crippen molar-refractivity contribution in [1.29, 1.82) is 0 Å². The molecule has 114 valence electrons. The van der Waals surface area contributed by atoms with E-state index in [1.165, 1.54) is 3.97 Å². The molecule has 1 heterocycles. The quantitative estimate of drug-likeness (QED) is 0.827. The molecule has 0 saturated carbocycles. The second-order valence-electron chi connectivity index (χ2n) is 5.23. The lowest BCUT2D eigenvalue weighted by Crippen LogP contribution is -2.18. The standard InChI is InChI=1S/C15H19BrN2O2S/c1-6-13-17-11(4)8-18(13)21(19,20)15-10(3)7-9(2)14(16)12(15)5/h7-8H,6H2,1-5H3. The molecule has 0 aliphatic rings. The van der Waals surface area contributed by atoms with Crippen molar-refractivity contribution in [3.8, 4) is 0 Å². The van der Waals surface area contributed by atoms with Crippen LogP contribution in [0.25, 0.3) is 0 Å². The van der Waals surface area contributed by atoms with E-state index >= 15 is 0 Å². The highest BCUT2D eigenvalue weighted by atomic mass is 79.9. The number of hydrogen-bond donors (Lipinski definition) is 0. The third-order valence-corrected chi connectivity index (χ3v) is 6.70. The summed E-state index contributed by atoms with van der Waals surface area (Å²) in [4.78, 5) is 4.65. The van der Waals surface area contributed by atoms with Crippen molar-refractivity contribution in [2.75, 3.05) is 0 Å². The van der Waals surface area contributed by atoms with Crippen LogP contribution in [0, 0.1) is 27.7 Å². The molecule has 1 aromatic carbocycles. The summed E-state index contributed by atoms with van der Waals surface area (Å²) in [5.74, 6) is 0.558. The van der Waals surface area contributed by atoms with Crippen molar-refractivity contribution in [2.24, 2.45) is 0 Å². The number of aromatic nitrogens is 2. The van der Waals surface area contributed by atoms with Gasteiger partial charge in [-0.3, -0.25) is 0 Å². The molecule has 0 fully saturated rings. The van der Waals surface area contributed by atoms with Gasteiger partial charge in [0.15, 0.2) is 0 Å². The molecule has 6 heteroatoms. The molecule has 0 radical (unpaired) electrons. The van der Waals surface area contributed by atoms with Crippen LogP contribution in [0.2, 0.25) is 0 Å². The van der Waals surface area contributed by atoms with Gasteiger partial charge in [-0.15, -0.1) is 0 Å². The first kappa shape index (κ1) is 16.2. The van der Waals surface area contributed by atoms with Crippen LogP contribution in [0.1, 0.15) is 35.1 Å². The van der Waals surface area contributed by atoms with Crippen molar-refractivity contribution in [1.82, 2.24) is 8.96 Å². The fourth-order valence-electron chi connectivity index (χ4n) is 2.61. The summed E-state index contributed by atoms with van der Waals surface area (Å²) >= 11 is 3.48. The molecule has 0 spiro atoms. The van der Waals surface area contributed by atoms with Crippen molar-refractivity contribution in [2.45, 2.75) is 45.9 Å². The number of aryl methyl sites for hydroxylation is 4. The van der Waals surface area contributed by atoms with Crippen molar-refractivity contribution in [3.63, 3.8) is 0 Å². The summed E-state index contributed by atoms with van der Waals surface area (Å²) in [6.07, 6.45) is 2.15. The Morgan fingerprint density at radius 1 is 1.19 bits per heavy atom. The highest BCUT2D eigenvalue weighted by molar-refractivity contribution is 9.10. The first-order chi connectivity index (χ1) is 9.70. The van der Waals surface area contributed by atoms with E-state index in [9.17, 15) is 8.42 Å². The number of imidazole rings is 1. The third-order valence-electron chi connectivity index (χ3n) is 3.50. The molecule has 0 amide bonds. The number of benzene rings is 1. The van der Waals surface area contributed by atoms with Gasteiger partial charge in [0.25, 0.3) is 10.0 Å². The fourth-order valence-corrected chi connectivity index (χ4v) is 4.94. The molecule has 21 heavy (non-hydrogen) atoms. The van der Waals surface area contributed by atoms with Gasteiger partial charge in [0, 0.05) is 17.1 Å². The summed E-state index contributed by atoms with van der Waals surface area (Å²) in [5.41, 5.74) is 3.22. The highest BCUT2D eigenvalue weighted by Crippen LogP contribution is 2.31. The lowest BCUT2D eigenvalue weighted by molar-refractivity contribution is 0.583. The zero-order chi connectivity index (χ0) is 15.9. The number of rotatable bonds is 3. The minimum absolute atomic E-state index is 0.354. The van der Waals surface area contributed by atoms with Gasteiger partial charge in [-0.1, -0.05) is 28.9 Å². The highest BCUT2D eigenvalue weighted by Gasteiger charge is 2.26. The van der Waals surface area contributed by atoms with Gasteiger partial charge < -0.3 is 0 Å². The molecule has 0 unspecified atom stereocenters. The summed E-state index contributed by atoms with van der Waals surface area (Å²) in [5, 5.41) is 0. The lowest BCUT2D eigenvalue weighted by atomic mass is 10.1. The predicted molar refractivity (Wildman–Crippen MR) is 87.3 cm³/mol. The Bertz CT molecular complexity index is 808. The smallest absolute Gasteiger partial charge is 0.238 e. The topological polar surface area (TPSA) is 52.0 Å². The molecule has 2 aromatic rings.